The summed E-state index contributed by atoms with van der Waals surface area (Å²) in [6, 6.07) is 10.6. The number of nitrogens with zero attached hydrogens (tertiary/aromatic N) is 1. The number of carboxylic acid groups (broad SMARTS) is 1. The topological polar surface area (TPSA) is 74.7 Å². The van der Waals surface area contributed by atoms with E-state index in [-0.39, 0.29) is 12.1 Å². The molecule has 1 aliphatic rings. The zero-order valence-electron chi connectivity index (χ0n) is 15.8. The highest BCUT2D eigenvalue weighted by atomic mass is 32.2. The molecule has 5 nitrogen and oxygen atoms in total. The van der Waals surface area contributed by atoms with Crippen molar-refractivity contribution in [3.05, 3.63) is 59.4 Å². The van der Waals surface area contributed by atoms with Crippen LogP contribution in [0.4, 0.5) is 9.39 Å². The Balaban J connectivity index is 1.81. The highest BCUT2D eigenvalue weighted by Crippen LogP contribution is 2.41. The number of sulfonamides is 1. The van der Waals surface area contributed by atoms with Crippen molar-refractivity contribution in [1.82, 2.24) is 0 Å². The second kappa shape index (κ2) is 7.42. The standard InChI is InChI=1S/C21H20FNO4S2/c1-13-16-4-2-3-5-18(16)28-20(13)23(11-10-14-6-7-14)29(26,27)19-9-8-15(21(24)25)12-17(19)22/h2-5,8-9,12,14H,6-7,10-11H2,1H3,(H,24,25). The van der Waals surface area contributed by atoms with E-state index >= 15 is 0 Å². The number of anilines is 1. The van der Waals surface area contributed by atoms with Crippen LogP contribution in [0.25, 0.3) is 10.1 Å². The van der Waals surface area contributed by atoms with Crippen molar-refractivity contribution in [3.63, 3.8) is 0 Å². The van der Waals surface area contributed by atoms with E-state index in [9.17, 15) is 17.6 Å². The van der Waals surface area contributed by atoms with Crippen molar-refractivity contribution < 1.29 is 22.7 Å². The first-order valence-electron chi connectivity index (χ1n) is 9.32. The summed E-state index contributed by atoms with van der Waals surface area (Å²) >= 11 is 1.37. The van der Waals surface area contributed by atoms with Gasteiger partial charge in [-0.3, -0.25) is 4.31 Å². The van der Waals surface area contributed by atoms with Crippen molar-refractivity contribution in [2.75, 3.05) is 10.8 Å². The molecular formula is C21H20FNO4S2. The van der Waals surface area contributed by atoms with Crippen LogP contribution in [-0.2, 0) is 10.0 Å². The van der Waals surface area contributed by atoms with Gasteiger partial charge in [0, 0.05) is 11.2 Å². The largest absolute Gasteiger partial charge is 0.478 e. The minimum Gasteiger partial charge on any atom is -0.478 e. The van der Waals surface area contributed by atoms with E-state index in [0.29, 0.717) is 17.3 Å². The Labute approximate surface area is 172 Å². The lowest BCUT2D eigenvalue weighted by molar-refractivity contribution is 0.0696. The number of aromatic carboxylic acids is 1. The summed E-state index contributed by atoms with van der Waals surface area (Å²) in [6.45, 7) is 2.14. The van der Waals surface area contributed by atoms with E-state index in [0.717, 1.165) is 46.7 Å². The van der Waals surface area contributed by atoms with Crippen LogP contribution in [0.5, 0.6) is 0 Å². The number of hydrogen-bond donors (Lipinski definition) is 1. The van der Waals surface area contributed by atoms with Crippen molar-refractivity contribution in [2.24, 2.45) is 5.92 Å². The molecule has 0 radical (unpaired) electrons. The second-order valence-electron chi connectivity index (χ2n) is 7.29. The molecule has 0 spiro atoms. The van der Waals surface area contributed by atoms with Gasteiger partial charge in [-0.25, -0.2) is 17.6 Å². The fourth-order valence-electron chi connectivity index (χ4n) is 3.40. The molecule has 1 N–H and O–H groups in total. The fraction of sp³-hybridized carbons (Fsp3) is 0.286. The first-order chi connectivity index (χ1) is 13.8. The summed E-state index contributed by atoms with van der Waals surface area (Å²) in [4.78, 5) is 10.6. The summed E-state index contributed by atoms with van der Waals surface area (Å²) in [6.07, 6.45) is 2.88. The lowest BCUT2D eigenvalue weighted by Gasteiger charge is -2.24. The van der Waals surface area contributed by atoms with Crippen LogP contribution in [0.15, 0.2) is 47.4 Å². The van der Waals surface area contributed by atoms with E-state index in [1.165, 1.54) is 15.6 Å². The number of halogens is 1. The van der Waals surface area contributed by atoms with E-state index in [1.54, 1.807) is 0 Å². The molecule has 0 bridgehead atoms. The Morgan fingerprint density at radius 1 is 1.24 bits per heavy atom. The van der Waals surface area contributed by atoms with Crippen LogP contribution in [0.2, 0.25) is 0 Å². The SMILES string of the molecule is Cc1c(N(CCC2CC2)S(=O)(=O)c2ccc(C(=O)O)cc2F)sc2ccccc12. The Morgan fingerprint density at radius 2 is 1.97 bits per heavy atom. The monoisotopic (exact) mass is 433 g/mol. The van der Waals surface area contributed by atoms with Crippen molar-refractivity contribution in [1.29, 1.82) is 0 Å². The molecule has 1 heterocycles. The van der Waals surface area contributed by atoms with E-state index in [2.05, 4.69) is 0 Å². The van der Waals surface area contributed by atoms with Gasteiger partial charge < -0.3 is 5.11 Å². The van der Waals surface area contributed by atoms with Crippen LogP contribution in [0, 0.1) is 18.7 Å². The van der Waals surface area contributed by atoms with Gasteiger partial charge in [-0.2, -0.15) is 0 Å². The van der Waals surface area contributed by atoms with Crippen LogP contribution in [0.1, 0.15) is 35.2 Å². The van der Waals surface area contributed by atoms with Crippen molar-refractivity contribution in [3.8, 4) is 0 Å². The molecule has 152 valence electrons. The van der Waals surface area contributed by atoms with Gasteiger partial charge in [0.25, 0.3) is 10.0 Å². The van der Waals surface area contributed by atoms with Crippen LogP contribution in [-0.4, -0.2) is 26.0 Å². The molecule has 0 aliphatic heterocycles. The number of aryl methyl sites for hydroxylation is 1. The molecule has 8 heteroatoms. The quantitative estimate of drug-likeness (QED) is 0.566. The zero-order valence-corrected chi connectivity index (χ0v) is 17.4. The average Bonchev–Trinajstić information content (AvgIpc) is 3.45. The second-order valence-corrected chi connectivity index (χ2v) is 10.1. The molecule has 0 saturated heterocycles. The minimum atomic E-state index is -4.19. The first kappa shape index (κ1) is 19.8. The number of benzene rings is 2. The van der Waals surface area contributed by atoms with Gasteiger partial charge in [-0.05, 0) is 54.5 Å². The molecule has 2 aromatic carbocycles. The third-order valence-corrected chi connectivity index (χ3v) is 8.47. The molecule has 1 saturated carbocycles. The molecule has 1 aliphatic carbocycles. The number of thiophene rings is 1. The molecule has 29 heavy (non-hydrogen) atoms. The van der Waals surface area contributed by atoms with Gasteiger partial charge >= 0.3 is 5.97 Å². The Bertz CT molecular complexity index is 1200. The smallest absolute Gasteiger partial charge is 0.335 e. The predicted molar refractivity (Wildman–Crippen MR) is 112 cm³/mol. The third kappa shape index (κ3) is 3.74. The number of fused-ring (bicyclic) bond motifs is 1. The van der Waals surface area contributed by atoms with E-state index < -0.39 is 26.7 Å². The molecular weight excluding hydrogens is 413 g/mol. The van der Waals surface area contributed by atoms with Gasteiger partial charge in [0.15, 0.2) is 0 Å². The molecule has 3 aromatic rings. The van der Waals surface area contributed by atoms with Crippen molar-refractivity contribution in [2.45, 2.75) is 31.1 Å². The lowest BCUT2D eigenvalue weighted by atomic mass is 10.2. The molecule has 1 aromatic heterocycles. The number of carboxylic acids is 1. The normalized spacial score (nSPS) is 14.3. The maximum atomic E-state index is 14.6. The average molecular weight is 434 g/mol. The highest BCUT2D eigenvalue weighted by Gasteiger charge is 2.33. The molecule has 4 rings (SSSR count). The molecule has 0 unspecified atom stereocenters. The van der Waals surface area contributed by atoms with Gasteiger partial charge in [0.05, 0.1) is 5.56 Å². The maximum Gasteiger partial charge on any atom is 0.335 e. The fourth-order valence-corrected chi connectivity index (χ4v) is 6.43. The Kier molecular flexibility index (Phi) is 5.08. The van der Waals surface area contributed by atoms with E-state index in [4.69, 9.17) is 5.11 Å². The molecule has 1 fully saturated rings. The van der Waals surface area contributed by atoms with Crippen molar-refractivity contribution >= 4 is 42.4 Å². The summed E-state index contributed by atoms with van der Waals surface area (Å²) in [7, 11) is -4.19. The first-order valence-corrected chi connectivity index (χ1v) is 11.6. The number of carbonyl (C=O) groups is 1. The summed E-state index contributed by atoms with van der Waals surface area (Å²) in [5.41, 5.74) is 0.552. The lowest BCUT2D eigenvalue weighted by Crippen LogP contribution is -2.32. The van der Waals surface area contributed by atoms with Gasteiger partial charge in [0.1, 0.15) is 15.7 Å². The Morgan fingerprint density at radius 3 is 2.59 bits per heavy atom. The third-order valence-electron chi connectivity index (χ3n) is 5.23. The Hall–Kier alpha value is -2.45. The highest BCUT2D eigenvalue weighted by molar-refractivity contribution is 7.93. The van der Waals surface area contributed by atoms with E-state index in [1.807, 2.05) is 31.2 Å². The van der Waals surface area contributed by atoms with Crippen LogP contribution >= 0.6 is 11.3 Å². The van der Waals surface area contributed by atoms with Gasteiger partial charge in [0.2, 0.25) is 0 Å². The number of rotatable bonds is 7. The molecule has 0 atom stereocenters. The zero-order chi connectivity index (χ0) is 20.8. The minimum absolute atomic E-state index is 0.265. The maximum absolute atomic E-state index is 14.6. The van der Waals surface area contributed by atoms with Gasteiger partial charge in [-0.1, -0.05) is 31.0 Å². The predicted octanol–water partition coefficient (Wildman–Crippen LogP) is 5.04. The van der Waals surface area contributed by atoms with Gasteiger partial charge in [-0.15, -0.1) is 11.3 Å². The summed E-state index contributed by atoms with van der Waals surface area (Å²) < 4.78 is 43.8. The van der Waals surface area contributed by atoms with Crippen LogP contribution < -0.4 is 4.31 Å². The summed E-state index contributed by atoms with van der Waals surface area (Å²) in [5, 5.41) is 10.6. The summed E-state index contributed by atoms with van der Waals surface area (Å²) in [5.74, 6) is -1.86. The molecule has 0 amide bonds. The number of hydrogen-bond acceptors (Lipinski definition) is 4. The van der Waals surface area contributed by atoms with Crippen LogP contribution in [0.3, 0.4) is 0 Å².